The smallest absolute Gasteiger partial charge is 0.147 e. The lowest BCUT2D eigenvalue weighted by Gasteiger charge is -2.09. The Balaban J connectivity index is 2.17. The zero-order valence-electron chi connectivity index (χ0n) is 9.54. The van der Waals surface area contributed by atoms with Crippen LogP contribution in [0.5, 0.6) is 0 Å². The zero-order valence-corrected chi connectivity index (χ0v) is 9.54. The second-order valence-corrected chi connectivity index (χ2v) is 4.06. The van der Waals surface area contributed by atoms with Gasteiger partial charge in [-0.05, 0) is 25.5 Å². The van der Waals surface area contributed by atoms with Gasteiger partial charge in [0.05, 0.1) is 13.2 Å². The molecular weight excluding hydrogens is 204 g/mol. The monoisotopic (exact) mass is 220 g/mol. The molecule has 2 aromatic heterocycles. The number of rotatable bonds is 4. The predicted molar refractivity (Wildman–Crippen MR) is 59.9 cm³/mol. The average Bonchev–Trinajstić information content (AvgIpc) is 2.87. The minimum absolute atomic E-state index is 0.0733. The lowest BCUT2D eigenvalue weighted by molar-refractivity contribution is 0.281. The van der Waals surface area contributed by atoms with E-state index in [0.717, 1.165) is 11.4 Å². The van der Waals surface area contributed by atoms with Crippen LogP contribution < -0.4 is 0 Å². The Morgan fingerprint density at radius 2 is 2.25 bits per heavy atom. The topological polar surface area (TPSA) is 55.9 Å². The van der Waals surface area contributed by atoms with Crippen molar-refractivity contribution >= 4 is 0 Å². The maximum Gasteiger partial charge on any atom is 0.147 e. The van der Waals surface area contributed by atoms with Crippen molar-refractivity contribution in [1.29, 1.82) is 0 Å². The highest BCUT2D eigenvalue weighted by Crippen LogP contribution is 2.08. The van der Waals surface area contributed by atoms with E-state index in [1.54, 1.807) is 6.33 Å². The van der Waals surface area contributed by atoms with Gasteiger partial charge in [-0.25, -0.2) is 9.67 Å². The SMILES string of the molecule is CC(C)n1ncnc1Cn1ccc(CO)c1. The van der Waals surface area contributed by atoms with Crippen molar-refractivity contribution in [3.05, 3.63) is 36.2 Å². The Bertz CT molecular complexity index is 458. The molecule has 0 spiro atoms. The first-order valence-electron chi connectivity index (χ1n) is 5.34. The number of aliphatic hydroxyl groups is 1. The van der Waals surface area contributed by atoms with Gasteiger partial charge in [-0.1, -0.05) is 0 Å². The zero-order chi connectivity index (χ0) is 11.5. The van der Waals surface area contributed by atoms with Crippen molar-refractivity contribution in [3.8, 4) is 0 Å². The average molecular weight is 220 g/mol. The van der Waals surface area contributed by atoms with Crippen LogP contribution in [0.4, 0.5) is 0 Å². The van der Waals surface area contributed by atoms with Crippen LogP contribution in [0.1, 0.15) is 31.3 Å². The van der Waals surface area contributed by atoms with Gasteiger partial charge in [-0.2, -0.15) is 5.10 Å². The molecule has 0 fully saturated rings. The van der Waals surface area contributed by atoms with Gasteiger partial charge in [0.15, 0.2) is 0 Å². The molecule has 0 aromatic carbocycles. The van der Waals surface area contributed by atoms with Crippen molar-refractivity contribution in [2.45, 2.75) is 33.0 Å². The molecule has 2 aromatic rings. The fourth-order valence-corrected chi connectivity index (χ4v) is 1.66. The molecule has 0 atom stereocenters. The van der Waals surface area contributed by atoms with Crippen LogP contribution in [0.3, 0.4) is 0 Å². The molecule has 86 valence electrons. The van der Waals surface area contributed by atoms with E-state index in [2.05, 4.69) is 23.9 Å². The van der Waals surface area contributed by atoms with Crippen LogP contribution >= 0.6 is 0 Å². The van der Waals surface area contributed by atoms with Gasteiger partial charge >= 0.3 is 0 Å². The van der Waals surface area contributed by atoms with Crippen LogP contribution in [0, 0.1) is 0 Å². The van der Waals surface area contributed by atoms with Crippen LogP contribution in [0.15, 0.2) is 24.8 Å². The fourth-order valence-electron chi connectivity index (χ4n) is 1.66. The highest BCUT2D eigenvalue weighted by atomic mass is 16.3. The summed E-state index contributed by atoms with van der Waals surface area (Å²) in [7, 11) is 0. The quantitative estimate of drug-likeness (QED) is 0.842. The van der Waals surface area contributed by atoms with E-state index in [1.807, 2.05) is 27.7 Å². The van der Waals surface area contributed by atoms with E-state index in [9.17, 15) is 0 Å². The van der Waals surface area contributed by atoms with Gasteiger partial charge in [0.25, 0.3) is 0 Å². The normalized spacial score (nSPS) is 11.2. The maximum atomic E-state index is 8.97. The number of hydrogen-bond acceptors (Lipinski definition) is 3. The molecule has 1 N–H and O–H groups in total. The number of aliphatic hydroxyl groups excluding tert-OH is 1. The minimum atomic E-state index is 0.0733. The highest BCUT2D eigenvalue weighted by Gasteiger charge is 2.07. The van der Waals surface area contributed by atoms with Gasteiger partial charge in [0.1, 0.15) is 12.2 Å². The molecule has 0 radical (unpaired) electrons. The first-order valence-corrected chi connectivity index (χ1v) is 5.34. The fraction of sp³-hybridized carbons (Fsp3) is 0.455. The van der Waals surface area contributed by atoms with Crippen LogP contribution in [-0.4, -0.2) is 24.4 Å². The van der Waals surface area contributed by atoms with Crippen molar-refractivity contribution in [1.82, 2.24) is 19.3 Å². The van der Waals surface area contributed by atoms with E-state index in [4.69, 9.17) is 5.11 Å². The van der Waals surface area contributed by atoms with Crippen molar-refractivity contribution < 1.29 is 5.11 Å². The molecule has 0 saturated heterocycles. The molecule has 0 aliphatic carbocycles. The van der Waals surface area contributed by atoms with Crippen molar-refractivity contribution in [2.24, 2.45) is 0 Å². The molecule has 0 aliphatic rings. The summed E-state index contributed by atoms with van der Waals surface area (Å²) < 4.78 is 3.90. The van der Waals surface area contributed by atoms with E-state index in [-0.39, 0.29) is 6.61 Å². The lowest BCUT2D eigenvalue weighted by atomic mass is 10.4. The summed E-state index contributed by atoms with van der Waals surface area (Å²) in [6, 6.07) is 2.21. The second kappa shape index (κ2) is 4.49. The molecule has 0 bridgehead atoms. The summed E-state index contributed by atoms with van der Waals surface area (Å²) in [4.78, 5) is 4.24. The number of hydrogen-bond donors (Lipinski definition) is 1. The number of aromatic nitrogens is 4. The molecule has 0 aliphatic heterocycles. The summed E-state index contributed by atoms with van der Waals surface area (Å²) in [5.41, 5.74) is 0.913. The van der Waals surface area contributed by atoms with E-state index >= 15 is 0 Å². The molecule has 0 amide bonds. The van der Waals surface area contributed by atoms with Crippen molar-refractivity contribution in [3.63, 3.8) is 0 Å². The molecule has 2 heterocycles. The standard InChI is InChI=1S/C11H16N4O/c1-9(2)15-11(12-8-13-15)6-14-4-3-10(5-14)7-16/h3-5,8-9,16H,6-7H2,1-2H3. The number of nitrogens with zero attached hydrogens (tertiary/aromatic N) is 4. The van der Waals surface area contributed by atoms with E-state index in [0.29, 0.717) is 12.6 Å². The third-order valence-corrected chi connectivity index (χ3v) is 2.45. The van der Waals surface area contributed by atoms with Gasteiger partial charge in [0.2, 0.25) is 0 Å². The first kappa shape index (κ1) is 10.9. The van der Waals surface area contributed by atoms with Gasteiger partial charge in [-0.15, -0.1) is 0 Å². The molecule has 5 heteroatoms. The van der Waals surface area contributed by atoms with Crippen LogP contribution in [0.2, 0.25) is 0 Å². The summed E-state index contributed by atoms with van der Waals surface area (Å²) in [6.07, 6.45) is 5.43. The second-order valence-electron chi connectivity index (χ2n) is 4.06. The summed E-state index contributed by atoms with van der Waals surface area (Å²) >= 11 is 0. The molecule has 0 unspecified atom stereocenters. The van der Waals surface area contributed by atoms with E-state index < -0.39 is 0 Å². The van der Waals surface area contributed by atoms with Crippen LogP contribution in [0.25, 0.3) is 0 Å². The van der Waals surface area contributed by atoms with Gasteiger partial charge in [-0.3, -0.25) is 0 Å². The molecule has 16 heavy (non-hydrogen) atoms. The van der Waals surface area contributed by atoms with E-state index in [1.165, 1.54) is 0 Å². The molecule has 2 rings (SSSR count). The summed E-state index contributed by atoms with van der Waals surface area (Å²) in [5, 5.41) is 13.2. The highest BCUT2D eigenvalue weighted by molar-refractivity contribution is 5.09. The predicted octanol–water partition coefficient (Wildman–Crippen LogP) is 1.20. The summed E-state index contributed by atoms with van der Waals surface area (Å²) in [6.45, 7) is 4.90. The minimum Gasteiger partial charge on any atom is -0.392 e. The third kappa shape index (κ3) is 2.14. The first-order chi connectivity index (χ1) is 7.70. The maximum absolute atomic E-state index is 8.97. The Labute approximate surface area is 94.4 Å². The molecule has 5 nitrogen and oxygen atoms in total. The van der Waals surface area contributed by atoms with Gasteiger partial charge < -0.3 is 9.67 Å². The lowest BCUT2D eigenvalue weighted by Crippen LogP contribution is -2.11. The Kier molecular flexibility index (Phi) is 3.05. The molecular formula is C11H16N4O. The van der Waals surface area contributed by atoms with Crippen LogP contribution in [-0.2, 0) is 13.2 Å². The Morgan fingerprint density at radius 3 is 2.88 bits per heavy atom. The summed E-state index contributed by atoms with van der Waals surface area (Å²) in [5.74, 6) is 0.926. The van der Waals surface area contributed by atoms with Gasteiger partial charge in [0, 0.05) is 18.4 Å². The largest absolute Gasteiger partial charge is 0.392 e. The Morgan fingerprint density at radius 1 is 1.44 bits per heavy atom. The Hall–Kier alpha value is -1.62. The molecule has 0 saturated carbocycles. The third-order valence-electron chi connectivity index (χ3n) is 2.45. The van der Waals surface area contributed by atoms with Crippen molar-refractivity contribution in [2.75, 3.05) is 0 Å².